The van der Waals surface area contributed by atoms with Crippen molar-refractivity contribution in [2.45, 2.75) is 95.1 Å². The monoisotopic (exact) mass is 1040 g/mol. The Bertz CT molecular complexity index is 3020. The van der Waals surface area contributed by atoms with Crippen molar-refractivity contribution >= 4 is 76.3 Å². The van der Waals surface area contributed by atoms with Crippen molar-refractivity contribution in [1.29, 1.82) is 0 Å². The first-order valence-corrected chi connectivity index (χ1v) is 26.1. The molecule has 1 aromatic heterocycles. The van der Waals surface area contributed by atoms with Gasteiger partial charge in [0.15, 0.2) is 0 Å². The van der Waals surface area contributed by atoms with Gasteiger partial charge in [-0.05, 0) is 66.0 Å². The predicted molar refractivity (Wildman–Crippen MR) is 261 cm³/mol. The quantitative estimate of drug-likeness (QED) is 0.0533. The number of amides is 8. The Morgan fingerprint density at radius 3 is 2.42 bits per heavy atom. The van der Waals surface area contributed by atoms with Crippen molar-refractivity contribution in [2.75, 3.05) is 32.8 Å². The molecule has 0 spiro atoms. The Kier molecular flexibility index (Phi) is 15.2. The molecule has 3 aromatic carbocycles. The van der Waals surface area contributed by atoms with E-state index in [2.05, 4.69) is 27.8 Å². The molecule has 4 aromatic rings. The zero-order valence-electron chi connectivity index (χ0n) is 40.0. The molecule has 4 aliphatic rings. The lowest BCUT2D eigenvalue weighted by Crippen LogP contribution is -2.58. The first-order chi connectivity index (χ1) is 34.5. The van der Waals surface area contributed by atoms with Gasteiger partial charge >= 0.3 is 13.3 Å². The molecule has 22 heteroatoms. The summed E-state index contributed by atoms with van der Waals surface area (Å²) in [7, 11) is -5.86. The second-order valence-corrected chi connectivity index (χ2v) is 22.2. The summed E-state index contributed by atoms with van der Waals surface area (Å²) in [6.45, 7) is 5.58. The van der Waals surface area contributed by atoms with Gasteiger partial charge in [0.2, 0.25) is 29.5 Å². The molecular formula is C51H53F2N6O12PS. The van der Waals surface area contributed by atoms with E-state index in [1.165, 1.54) is 23.1 Å². The van der Waals surface area contributed by atoms with E-state index in [-0.39, 0.29) is 77.6 Å². The highest BCUT2D eigenvalue weighted by atomic mass is 32.1. The summed E-state index contributed by atoms with van der Waals surface area (Å²) in [4.78, 5) is 130. The van der Waals surface area contributed by atoms with E-state index in [4.69, 9.17) is 4.74 Å². The first kappa shape index (κ1) is 52.6. The van der Waals surface area contributed by atoms with E-state index < -0.39 is 96.4 Å². The molecule has 0 bridgehead atoms. The van der Waals surface area contributed by atoms with Gasteiger partial charge in [-0.2, -0.15) is 8.78 Å². The van der Waals surface area contributed by atoms with Gasteiger partial charge in [-0.25, -0.2) is 0 Å². The molecule has 8 rings (SSSR count). The van der Waals surface area contributed by atoms with E-state index in [1.54, 1.807) is 37.8 Å². The first-order valence-electron chi connectivity index (χ1n) is 23.7. The molecule has 0 radical (unpaired) electrons. The lowest BCUT2D eigenvalue weighted by Gasteiger charge is -2.38. The number of halogens is 2. The van der Waals surface area contributed by atoms with Crippen molar-refractivity contribution in [2.24, 2.45) is 5.41 Å². The van der Waals surface area contributed by atoms with Gasteiger partial charge < -0.3 is 35.0 Å². The summed E-state index contributed by atoms with van der Waals surface area (Å²) in [6, 6.07) is 15.3. The highest BCUT2D eigenvalue weighted by molar-refractivity contribution is 7.52. The van der Waals surface area contributed by atoms with Gasteiger partial charge in [0.05, 0.1) is 22.1 Å². The molecule has 2 unspecified atom stereocenters. The van der Waals surface area contributed by atoms with Crippen LogP contribution in [0.5, 0.6) is 0 Å². The number of nitrogens with zero attached hydrogens (tertiary/aromatic N) is 3. The van der Waals surface area contributed by atoms with E-state index in [0.29, 0.717) is 17.8 Å². The Morgan fingerprint density at radius 1 is 0.959 bits per heavy atom. The van der Waals surface area contributed by atoms with Crippen molar-refractivity contribution in [1.82, 2.24) is 30.7 Å². The minimum atomic E-state index is -5.86. The van der Waals surface area contributed by atoms with Gasteiger partial charge in [0.25, 0.3) is 17.7 Å². The Balaban J connectivity index is 0.934. The summed E-state index contributed by atoms with van der Waals surface area (Å²) >= 11 is 0.931. The van der Waals surface area contributed by atoms with Crippen LogP contribution >= 0.6 is 18.9 Å². The maximum atomic E-state index is 14.8. The molecule has 5 atom stereocenters. The number of nitrogens with one attached hydrogen (secondary N) is 3. The summed E-state index contributed by atoms with van der Waals surface area (Å²) in [5.41, 5.74) is -4.88. The number of hydrogen-bond donors (Lipinski definition) is 5. The van der Waals surface area contributed by atoms with E-state index in [0.717, 1.165) is 46.8 Å². The number of rotatable bonds is 13. The number of thiophene rings is 1. The molecule has 0 saturated carbocycles. The Labute approximate surface area is 422 Å². The largest absolute Gasteiger partial charge is 0.399 e. The molecule has 0 aliphatic carbocycles. The molecular weight excluding hydrogens is 990 g/mol. The fourth-order valence-electron chi connectivity index (χ4n) is 9.59. The zero-order valence-corrected chi connectivity index (χ0v) is 41.7. The number of hydrogen-bond acceptors (Lipinski definition) is 11. The third-order valence-corrected chi connectivity index (χ3v) is 15.5. The topological polar surface area (TPSA) is 249 Å². The molecule has 5 heterocycles. The van der Waals surface area contributed by atoms with Gasteiger partial charge in [0.1, 0.15) is 24.7 Å². The average Bonchev–Trinajstić information content (AvgIpc) is 4.06. The number of carbonyl (C=O) groups excluding carboxylic acids is 8. The van der Waals surface area contributed by atoms with Crippen LogP contribution in [0.3, 0.4) is 0 Å². The van der Waals surface area contributed by atoms with Crippen LogP contribution in [-0.2, 0) is 38.9 Å². The van der Waals surface area contributed by atoms with Gasteiger partial charge in [0, 0.05) is 67.2 Å². The predicted octanol–water partition coefficient (Wildman–Crippen LogP) is 4.62. The van der Waals surface area contributed by atoms with E-state index >= 15 is 0 Å². The number of carbonyl (C=O) groups is 8. The summed E-state index contributed by atoms with van der Waals surface area (Å²) in [5.74, 6) is 1.12. The maximum Gasteiger partial charge on any atom is 0.399 e. The molecule has 3 saturated heterocycles. The van der Waals surface area contributed by atoms with Crippen LogP contribution in [-0.4, -0.2) is 129 Å². The van der Waals surface area contributed by atoms with Crippen LogP contribution < -0.4 is 16.0 Å². The van der Waals surface area contributed by atoms with Crippen molar-refractivity contribution in [3.05, 3.63) is 105 Å². The van der Waals surface area contributed by atoms with E-state index in [9.17, 15) is 61.5 Å². The number of likely N-dealkylation sites (tertiary alicyclic amines) is 2. The molecule has 4 aliphatic heterocycles. The number of imide groups is 2. The van der Waals surface area contributed by atoms with Crippen LogP contribution in [0.15, 0.2) is 72.8 Å². The van der Waals surface area contributed by atoms with Gasteiger partial charge in [-0.1, -0.05) is 75.1 Å². The lowest BCUT2D eigenvalue weighted by atomic mass is 9.85. The molecule has 384 valence electrons. The van der Waals surface area contributed by atoms with E-state index in [1.807, 2.05) is 30.3 Å². The molecule has 5 N–H and O–H groups in total. The number of piperidine rings is 2. The normalized spacial score (nSPS) is 20.8. The number of benzene rings is 3. The molecule has 18 nitrogen and oxygen atoms in total. The summed E-state index contributed by atoms with van der Waals surface area (Å²) < 4.78 is 47.1. The van der Waals surface area contributed by atoms with Crippen LogP contribution in [0, 0.1) is 17.3 Å². The van der Waals surface area contributed by atoms with Crippen molar-refractivity contribution in [3.63, 3.8) is 0 Å². The number of ether oxygens (including phenoxy) is 1. The van der Waals surface area contributed by atoms with Crippen LogP contribution in [0.25, 0.3) is 10.1 Å². The van der Waals surface area contributed by atoms with Crippen LogP contribution in [0.1, 0.15) is 112 Å². The highest BCUT2D eigenvalue weighted by Gasteiger charge is 2.51. The second kappa shape index (κ2) is 21.0. The Hall–Kier alpha value is -6.69. The fraction of sp³-hybridized carbons (Fsp3) is 0.412. The minimum absolute atomic E-state index is 0.00585. The van der Waals surface area contributed by atoms with Gasteiger partial charge in [-0.15, -0.1) is 11.3 Å². The average molecular weight is 1040 g/mol. The molecule has 8 amide bonds. The fourth-order valence-corrected chi connectivity index (χ4v) is 11.0. The third-order valence-electron chi connectivity index (χ3n) is 13.4. The smallest absolute Gasteiger partial charge is 0.366 e. The Morgan fingerprint density at radius 2 is 1.71 bits per heavy atom. The highest BCUT2D eigenvalue weighted by Crippen LogP contribution is 2.59. The van der Waals surface area contributed by atoms with Gasteiger partial charge in [-0.3, -0.25) is 53.1 Å². The van der Waals surface area contributed by atoms with Crippen LogP contribution in [0.2, 0.25) is 0 Å². The standard InChI is InChI=1S/C51H53F2N6O12PS/c1-50(2,3)43(56-45(63)39-24-32-23-33(17-19-38(32)73-39)51(52,53)72(68,69)70)49(67)58-27-34(25-37(58)47(65)57-22-10-15-31(26-57)29-11-5-4-6-12-29)71-28-41(61)54-21-8-7-13-30-14-9-16-35-42(30)48(66)59(46(35)64)36-18-20-40(60)55-44(36)62/h4-6,9,11-12,14,16-17,19,23-24,31,34,36-37,43H,8,10,15,18,20-22,25-28H2,1-3H3,(H,54,61)(H,56,63)(H,55,60,62)(H2,68,69,70)/t31?,34-,36?,37-,43+/m0/s1. The number of fused-ring (bicyclic) bond motifs is 2. The SMILES string of the molecule is CC(C)(C)[C@H](NC(=O)c1cc2cc(C(F)(F)P(=O)(O)O)ccc2s1)C(=O)N1C[C@@H](OCC(=O)NCCC#Cc2cccc3c2C(=O)N(C2CCC(=O)NC2=O)C3=O)C[C@H]1C(=O)N1CCCC(c2ccccc2)C1. The van der Waals surface area contributed by atoms with Crippen molar-refractivity contribution < 1.29 is 66.2 Å². The van der Waals surface area contributed by atoms with Crippen LogP contribution in [0.4, 0.5) is 8.78 Å². The second-order valence-electron chi connectivity index (χ2n) is 19.5. The van der Waals surface area contributed by atoms with Crippen molar-refractivity contribution in [3.8, 4) is 11.8 Å². The molecule has 73 heavy (non-hydrogen) atoms. The molecule has 3 fully saturated rings. The summed E-state index contributed by atoms with van der Waals surface area (Å²) in [6.07, 6.45) is 0.958. The number of alkyl halides is 2. The zero-order chi connectivity index (χ0) is 52.6. The summed E-state index contributed by atoms with van der Waals surface area (Å²) in [5, 5.41) is 7.81. The minimum Gasteiger partial charge on any atom is -0.366 e. The lowest BCUT2D eigenvalue weighted by molar-refractivity contribution is -0.147. The maximum absolute atomic E-state index is 14.8. The third kappa shape index (κ3) is 11.1.